The summed E-state index contributed by atoms with van der Waals surface area (Å²) in [6, 6.07) is 9.99. The van der Waals surface area contributed by atoms with Gasteiger partial charge in [-0.05, 0) is 60.3 Å². The van der Waals surface area contributed by atoms with Gasteiger partial charge in [0, 0.05) is 22.5 Å². The van der Waals surface area contributed by atoms with Crippen LogP contribution in [0.25, 0.3) is 0 Å². The Morgan fingerprint density at radius 3 is 2.42 bits per heavy atom. The molecule has 0 saturated heterocycles. The fourth-order valence-electron chi connectivity index (χ4n) is 6.15. The zero-order valence-corrected chi connectivity index (χ0v) is 19.0. The molecule has 31 heavy (non-hydrogen) atoms. The molecule has 1 fully saturated rings. The lowest BCUT2D eigenvalue weighted by Crippen LogP contribution is -2.32. The third kappa shape index (κ3) is 3.22. The lowest BCUT2D eigenvalue weighted by atomic mass is 9.70. The summed E-state index contributed by atoms with van der Waals surface area (Å²) in [6.45, 7) is 8.86. The fourth-order valence-corrected chi connectivity index (χ4v) is 6.15. The Labute approximate surface area is 185 Å². The van der Waals surface area contributed by atoms with Crippen LogP contribution < -0.4 is 0 Å². The van der Waals surface area contributed by atoms with Gasteiger partial charge in [-0.25, -0.2) is 0 Å². The van der Waals surface area contributed by atoms with Gasteiger partial charge in [0.05, 0.1) is 23.3 Å². The minimum atomic E-state index is -0.498. The Hall–Kier alpha value is -2.22. The van der Waals surface area contributed by atoms with Gasteiger partial charge in [0.1, 0.15) is 6.10 Å². The number of aromatic nitrogens is 1. The number of fused-ring (bicyclic) bond motifs is 4. The van der Waals surface area contributed by atoms with Crippen LogP contribution >= 0.6 is 0 Å². The molecule has 0 unspecified atom stereocenters. The van der Waals surface area contributed by atoms with E-state index in [2.05, 4.69) is 33.8 Å². The summed E-state index contributed by atoms with van der Waals surface area (Å²) in [5.74, 6) is 0.266. The van der Waals surface area contributed by atoms with E-state index in [1.165, 1.54) is 11.1 Å². The van der Waals surface area contributed by atoms with E-state index in [9.17, 15) is 10.4 Å². The smallest absolute Gasteiger partial charge is 0.111 e. The van der Waals surface area contributed by atoms with Gasteiger partial charge in [0.2, 0.25) is 0 Å². The van der Waals surface area contributed by atoms with Crippen molar-refractivity contribution in [3.8, 4) is 6.07 Å². The second-order valence-corrected chi connectivity index (χ2v) is 10.8. The van der Waals surface area contributed by atoms with Crippen molar-refractivity contribution in [2.45, 2.75) is 89.9 Å². The van der Waals surface area contributed by atoms with Gasteiger partial charge in [-0.3, -0.25) is 4.98 Å². The van der Waals surface area contributed by atoms with Crippen molar-refractivity contribution in [2.24, 2.45) is 5.41 Å². The van der Waals surface area contributed by atoms with E-state index in [0.717, 1.165) is 61.0 Å². The van der Waals surface area contributed by atoms with Crippen LogP contribution in [0.5, 0.6) is 0 Å². The van der Waals surface area contributed by atoms with E-state index in [1.807, 2.05) is 24.3 Å². The van der Waals surface area contributed by atoms with Crippen molar-refractivity contribution in [3.05, 3.63) is 63.5 Å². The number of aliphatic hydroxyl groups is 1. The number of pyridine rings is 1. The maximum Gasteiger partial charge on any atom is 0.111 e. The van der Waals surface area contributed by atoms with Crippen molar-refractivity contribution in [1.29, 1.82) is 5.26 Å². The molecule has 4 heteroatoms. The van der Waals surface area contributed by atoms with E-state index in [4.69, 9.17) is 9.72 Å². The molecule has 0 bridgehead atoms. The Morgan fingerprint density at radius 1 is 1.13 bits per heavy atom. The van der Waals surface area contributed by atoms with Gasteiger partial charge in [-0.2, -0.15) is 5.26 Å². The molecule has 5 rings (SSSR count). The molecular formula is C27H32N2O2. The highest BCUT2D eigenvalue weighted by Crippen LogP contribution is 2.59. The Kier molecular flexibility index (Phi) is 4.77. The molecule has 1 aliphatic heterocycles. The Bertz CT molecular complexity index is 1060. The van der Waals surface area contributed by atoms with Gasteiger partial charge in [0.15, 0.2) is 0 Å². The van der Waals surface area contributed by atoms with E-state index < -0.39 is 6.10 Å². The van der Waals surface area contributed by atoms with Gasteiger partial charge >= 0.3 is 0 Å². The normalized spacial score (nSPS) is 25.5. The molecule has 1 N–H and O–H groups in total. The van der Waals surface area contributed by atoms with Crippen LogP contribution in [0.15, 0.2) is 24.3 Å². The number of rotatable bonds is 2. The predicted molar refractivity (Wildman–Crippen MR) is 120 cm³/mol. The molecule has 0 amide bonds. The quantitative estimate of drug-likeness (QED) is 0.655. The summed E-state index contributed by atoms with van der Waals surface area (Å²) in [5.41, 5.74) is 7.09. The summed E-state index contributed by atoms with van der Waals surface area (Å²) in [6.07, 6.45) is 5.25. The van der Waals surface area contributed by atoms with Gasteiger partial charge in [-0.1, -0.05) is 52.7 Å². The van der Waals surface area contributed by atoms with Crippen LogP contribution in [0, 0.1) is 16.7 Å². The van der Waals surface area contributed by atoms with Crippen molar-refractivity contribution < 1.29 is 9.84 Å². The first kappa shape index (κ1) is 20.7. The molecule has 1 spiro atoms. The lowest BCUT2D eigenvalue weighted by Gasteiger charge is -2.38. The van der Waals surface area contributed by atoms with Crippen LogP contribution in [-0.2, 0) is 16.8 Å². The summed E-state index contributed by atoms with van der Waals surface area (Å²) < 4.78 is 6.96. The van der Waals surface area contributed by atoms with Crippen LogP contribution in [0.1, 0.15) is 117 Å². The van der Waals surface area contributed by atoms with Crippen LogP contribution in [-0.4, -0.2) is 10.1 Å². The standard InChI is InChI=1S/C27H32N2O2/c1-16(2)24-22-23(21-19(29-24)13-26(3,4)14-20(21)30)27(11-5-6-12-27)31-25(22)18-9-7-17(15-28)8-10-18/h7-10,16,20,25,30H,5-6,11-14H2,1-4H3/t20-,25+/m0/s1. The highest BCUT2D eigenvalue weighted by atomic mass is 16.5. The molecular weight excluding hydrogens is 384 g/mol. The van der Waals surface area contributed by atoms with Crippen molar-refractivity contribution in [1.82, 2.24) is 4.98 Å². The number of benzene rings is 1. The average molecular weight is 417 g/mol. The first-order valence-electron chi connectivity index (χ1n) is 11.7. The molecule has 1 aromatic carbocycles. The van der Waals surface area contributed by atoms with E-state index >= 15 is 0 Å². The highest BCUT2D eigenvalue weighted by Gasteiger charge is 2.52. The summed E-state index contributed by atoms with van der Waals surface area (Å²) in [5, 5.41) is 20.5. The topological polar surface area (TPSA) is 66.1 Å². The number of hydrogen-bond donors (Lipinski definition) is 1. The summed E-state index contributed by atoms with van der Waals surface area (Å²) in [7, 11) is 0. The largest absolute Gasteiger partial charge is 0.388 e. The molecule has 1 aromatic heterocycles. The highest BCUT2D eigenvalue weighted by molar-refractivity contribution is 5.54. The Balaban J connectivity index is 1.78. The molecule has 2 atom stereocenters. The number of nitrogens with zero attached hydrogens (tertiary/aromatic N) is 2. The summed E-state index contributed by atoms with van der Waals surface area (Å²) in [4.78, 5) is 5.20. The molecule has 2 aliphatic carbocycles. The molecule has 3 aliphatic rings. The Morgan fingerprint density at radius 2 is 1.81 bits per heavy atom. The van der Waals surface area contributed by atoms with Crippen LogP contribution in [0.3, 0.4) is 0 Å². The first-order chi connectivity index (χ1) is 14.7. The van der Waals surface area contributed by atoms with Crippen LogP contribution in [0.4, 0.5) is 0 Å². The van der Waals surface area contributed by atoms with Gasteiger partial charge in [0.25, 0.3) is 0 Å². The average Bonchev–Trinajstić information content (AvgIpc) is 3.32. The third-order valence-electron chi connectivity index (χ3n) is 7.47. The minimum absolute atomic E-state index is 0.0384. The van der Waals surface area contributed by atoms with Crippen molar-refractivity contribution >= 4 is 0 Å². The SMILES string of the molecule is CC(C)c1nc2c(c3c1[C@@H](c1ccc(C#N)cc1)OC31CCCC1)[C@@H](O)CC(C)(C)C2. The molecule has 162 valence electrons. The van der Waals surface area contributed by atoms with E-state index in [0.29, 0.717) is 5.56 Å². The first-order valence-corrected chi connectivity index (χ1v) is 11.7. The van der Waals surface area contributed by atoms with Crippen LogP contribution in [0.2, 0.25) is 0 Å². The second kappa shape index (κ2) is 7.15. The number of nitriles is 1. The third-order valence-corrected chi connectivity index (χ3v) is 7.47. The molecule has 4 nitrogen and oxygen atoms in total. The van der Waals surface area contributed by atoms with E-state index in [-0.39, 0.29) is 23.0 Å². The fraction of sp³-hybridized carbons (Fsp3) is 0.556. The van der Waals surface area contributed by atoms with E-state index in [1.54, 1.807) is 0 Å². The minimum Gasteiger partial charge on any atom is -0.388 e. The second-order valence-electron chi connectivity index (χ2n) is 10.8. The number of hydrogen-bond acceptors (Lipinski definition) is 4. The zero-order chi connectivity index (χ0) is 22.0. The molecule has 1 saturated carbocycles. The van der Waals surface area contributed by atoms with Crippen molar-refractivity contribution in [2.75, 3.05) is 0 Å². The van der Waals surface area contributed by atoms with Gasteiger partial charge < -0.3 is 9.84 Å². The molecule has 0 radical (unpaired) electrons. The summed E-state index contributed by atoms with van der Waals surface area (Å²) >= 11 is 0. The number of ether oxygens (including phenoxy) is 1. The number of aliphatic hydroxyl groups excluding tert-OH is 1. The maximum atomic E-state index is 11.3. The maximum absolute atomic E-state index is 11.3. The lowest BCUT2D eigenvalue weighted by molar-refractivity contribution is -0.0580. The predicted octanol–water partition coefficient (Wildman–Crippen LogP) is 5.97. The monoisotopic (exact) mass is 416 g/mol. The van der Waals surface area contributed by atoms with Gasteiger partial charge in [-0.15, -0.1) is 0 Å². The van der Waals surface area contributed by atoms with Crippen molar-refractivity contribution in [3.63, 3.8) is 0 Å². The zero-order valence-electron chi connectivity index (χ0n) is 19.0. The molecule has 2 heterocycles. The molecule has 2 aromatic rings.